The fourth-order valence-corrected chi connectivity index (χ4v) is 3.99. The average Bonchev–Trinajstić information content (AvgIpc) is 2.71. The number of rotatable bonds is 9. The van der Waals surface area contributed by atoms with Crippen LogP contribution in [0.3, 0.4) is 0 Å². The summed E-state index contributed by atoms with van der Waals surface area (Å²) in [6, 6.07) is 5.64. The Bertz CT molecular complexity index is 807. The number of esters is 2. The van der Waals surface area contributed by atoms with Crippen LogP contribution in [-0.4, -0.2) is 70.4 Å². The summed E-state index contributed by atoms with van der Waals surface area (Å²) < 4.78 is 78.8. The van der Waals surface area contributed by atoms with Gasteiger partial charge in [-0.3, -0.25) is 9.59 Å². The van der Waals surface area contributed by atoms with Crippen molar-refractivity contribution in [3.63, 3.8) is 0 Å². The molecule has 0 N–H and O–H groups in total. The maximum atomic E-state index is 11.4. The molecule has 0 fully saturated rings. The lowest BCUT2D eigenvalue weighted by molar-refractivity contribution is -0.140. The van der Waals surface area contributed by atoms with Gasteiger partial charge >= 0.3 is 17.4 Å². The molecule has 14 heteroatoms. The van der Waals surface area contributed by atoms with Crippen LogP contribution in [0.5, 0.6) is 11.5 Å². The minimum atomic E-state index is -6.09. The van der Waals surface area contributed by atoms with Gasteiger partial charge in [-0.2, -0.15) is 13.2 Å². The molecule has 0 aliphatic rings. The molecule has 0 spiro atoms. The maximum Gasteiger partial charge on any atom is 0.485 e. The highest BCUT2D eigenvalue weighted by Crippen LogP contribution is 2.31. The van der Waals surface area contributed by atoms with E-state index in [0.717, 1.165) is 4.90 Å². The van der Waals surface area contributed by atoms with Crippen molar-refractivity contribution in [3.8, 4) is 11.5 Å². The Morgan fingerprint density at radius 2 is 1.35 bits per heavy atom. The molecule has 0 aromatic heterocycles. The normalized spacial score (nSPS) is 11.3. The second kappa shape index (κ2) is 13.3. The van der Waals surface area contributed by atoms with Crippen LogP contribution in [0.1, 0.15) is 12.8 Å². The first kappa shape index (κ1) is 28.8. The van der Waals surface area contributed by atoms with Gasteiger partial charge in [0.15, 0.2) is 26.5 Å². The third-order valence-corrected chi connectivity index (χ3v) is 6.41. The molecule has 0 aliphatic heterocycles. The SMILES string of the molecule is COC(=O)CC[S+](CCC(=O)OC)c1ccc(OC)c(OC)c1.O=S(=O)([O-])C(F)(F)F. The van der Waals surface area contributed by atoms with Crippen LogP contribution in [0.25, 0.3) is 0 Å². The molecular weight excluding hydrogens is 469 g/mol. The van der Waals surface area contributed by atoms with Gasteiger partial charge in [-0.05, 0) is 12.1 Å². The smallest absolute Gasteiger partial charge is 0.485 e. The summed E-state index contributed by atoms with van der Waals surface area (Å²) in [4.78, 5) is 23.8. The van der Waals surface area contributed by atoms with Crippen LogP contribution in [0, 0.1) is 0 Å². The molecular formula is C17H23F3O9S2. The zero-order chi connectivity index (χ0) is 24.2. The van der Waals surface area contributed by atoms with Crippen molar-refractivity contribution in [1.82, 2.24) is 0 Å². The number of halogens is 3. The van der Waals surface area contributed by atoms with Gasteiger partial charge in [-0.1, -0.05) is 0 Å². The Morgan fingerprint density at radius 1 is 0.935 bits per heavy atom. The summed E-state index contributed by atoms with van der Waals surface area (Å²) in [5.41, 5.74) is -5.65. The van der Waals surface area contributed by atoms with E-state index in [0.29, 0.717) is 35.8 Å². The van der Waals surface area contributed by atoms with E-state index in [4.69, 9.17) is 31.9 Å². The average molecular weight is 492 g/mol. The summed E-state index contributed by atoms with van der Waals surface area (Å²) in [5, 5.41) is 0. The van der Waals surface area contributed by atoms with Crippen LogP contribution < -0.4 is 9.47 Å². The van der Waals surface area contributed by atoms with E-state index in [-0.39, 0.29) is 22.8 Å². The Kier molecular flexibility index (Phi) is 12.3. The number of hydrogen-bond donors (Lipinski definition) is 0. The van der Waals surface area contributed by atoms with Crippen LogP contribution in [0.15, 0.2) is 23.1 Å². The molecule has 0 unspecified atom stereocenters. The molecule has 178 valence electrons. The van der Waals surface area contributed by atoms with Crippen molar-refractivity contribution in [3.05, 3.63) is 18.2 Å². The molecule has 1 aromatic carbocycles. The lowest BCUT2D eigenvalue weighted by Gasteiger charge is -2.11. The number of alkyl halides is 3. The molecule has 0 aliphatic carbocycles. The standard InChI is InChI=1S/C16H23O6S.CHF3O3S/c1-19-13-6-5-12(11-14(13)20-2)23(9-7-15(17)21-3)10-8-16(18)22-4;2-1(3,4)8(5,6)7/h5-6,11H,7-10H2,1-4H3;(H,5,6,7)/q+1;/p-1. The first-order chi connectivity index (χ1) is 14.3. The van der Waals surface area contributed by atoms with E-state index in [1.807, 2.05) is 18.2 Å². The van der Waals surface area contributed by atoms with E-state index in [1.165, 1.54) is 14.2 Å². The van der Waals surface area contributed by atoms with E-state index in [9.17, 15) is 22.8 Å². The zero-order valence-corrected chi connectivity index (χ0v) is 18.8. The van der Waals surface area contributed by atoms with Gasteiger partial charge in [0.25, 0.3) is 0 Å². The van der Waals surface area contributed by atoms with E-state index < -0.39 is 15.6 Å². The van der Waals surface area contributed by atoms with Crippen molar-refractivity contribution in [2.75, 3.05) is 39.9 Å². The molecule has 0 saturated heterocycles. The van der Waals surface area contributed by atoms with Crippen LogP contribution in [0.4, 0.5) is 13.2 Å². The Labute approximate surface area is 180 Å². The number of ether oxygens (including phenoxy) is 4. The van der Waals surface area contributed by atoms with Gasteiger partial charge in [-0.25, -0.2) is 8.42 Å². The van der Waals surface area contributed by atoms with Crippen LogP contribution in [0.2, 0.25) is 0 Å². The molecule has 31 heavy (non-hydrogen) atoms. The maximum absolute atomic E-state index is 11.4. The summed E-state index contributed by atoms with van der Waals surface area (Å²) in [7, 11) is -0.502. The quantitative estimate of drug-likeness (QED) is 0.220. The molecule has 0 atom stereocenters. The largest absolute Gasteiger partial charge is 0.741 e. The van der Waals surface area contributed by atoms with E-state index >= 15 is 0 Å². The van der Waals surface area contributed by atoms with E-state index in [2.05, 4.69) is 0 Å². The monoisotopic (exact) mass is 492 g/mol. The highest BCUT2D eigenvalue weighted by Gasteiger charge is 2.37. The highest BCUT2D eigenvalue weighted by molar-refractivity contribution is 7.97. The number of carbonyl (C=O) groups is 2. The predicted molar refractivity (Wildman–Crippen MR) is 104 cm³/mol. The Hall–Kier alpha value is -2.19. The Morgan fingerprint density at radius 3 is 1.68 bits per heavy atom. The second-order valence-electron chi connectivity index (χ2n) is 5.47. The summed E-state index contributed by atoms with van der Waals surface area (Å²) in [5.74, 6) is 1.96. The lowest BCUT2D eigenvalue weighted by Crippen LogP contribution is -2.21. The summed E-state index contributed by atoms with van der Waals surface area (Å²) >= 11 is 0. The van der Waals surface area contributed by atoms with Gasteiger partial charge in [0.2, 0.25) is 0 Å². The molecule has 1 aromatic rings. The third-order valence-electron chi connectivity index (χ3n) is 3.53. The molecule has 0 amide bonds. The number of benzene rings is 1. The highest BCUT2D eigenvalue weighted by atomic mass is 32.2. The van der Waals surface area contributed by atoms with Crippen molar-refractivity contribution in [2.24, 2.45) is 0 Å². The van der Waals surface area contributed by atoms with Crippen molar-refractivity contribution >= 4 is 33.0 Å². The number of carbonyl (C=O) groups excluding carboxylic acids is 2. The first-order valence-corrected chi connectivity index (χ1v) is 11.3. The molecule has 0 heterocycles. The molecule has 9 nitrogen and oxygen atoms in total. The summed E-state index contributed by atoms with van der Waals surface area (Å²) in [6.07, 6.45) is 0.601. The zero-order valence-electron chi connectivity index (χ0n) is 17.2. The molecule has 1 rings (SSSR count). The number of hydrogen-bond acceptors (Lipinski definition) is 9. The minimum absolute atomic E-state index is 0.263. The minimum Gasteiger partial charge on any atom is -0.741 e. The molecule has 0 bridgehead atoms. The van der Waals surface area contributed by atoms with Crippen molar-refractivity contribution in [1.29, 1.82) is 0 Å². The van der Waals surface area contributed by atoms with Gasteiger partial charge < -0.3 is 23.5 Å². The van der Waals surface area contributed by atoms with Crippen molar-refractivity contribution < 1.29 is 54.7 Å². The lowest BCUT2D eigenvalue weighted by atomic mass is 10.3. The van der Waals surface area contributed by atoms with Crippen LogP contribution >= 0.6 is 0 Å². The van der Waals surface area contributed by atoms with Gasteiger partial charge in [-0.15, -0.1) is 0 Å². The summed E-state index contributed by atoms with van der Waals surface area (Å²) in [6.45, 7) is 0. The predicted octanol–water partition coefficient (Wildman–Crippen LogP) is 1.86. The van der Waals surface area contributed by atoms with E-state index in [1.54, 1.807) is 14.2 Å². The van der Waals surface area contributed by atoms with Gasteiger partial charge in [0.1, 0.15) is 11.5 Å². The topological polar surface area (TPSA) is 128 Å². The molecule has 0 radical (unpaired) electrons. The second-order valence-corrected chi connectivity index (χ2v) is 9.11. The third kappa shape index (κ3) is 10.6. The number of methoxy groups -OCH3 is 4. The van der Waals surface area contributed by atoms with Crippen molar-refractivity contribution in [2.45, 2.75) is 23.2 Å². The Balaban J connectivity index is 0.000000954. The van der Waals surface area contributed by atoms with Gasteiger partial charge in [0, 0.05) is 17.0 Å². The molecule has 0 saturated carbocycles. The van der Waals surface area contributed by atoms with Gasteiger partial charge in [0.05, 0.1) is 41.3 Å². The fraction of sp³-hybridized carbons (Fsp3) is 0.529. The van der Waals surface area contributed by atoms with Crippen LogP contribution in [-0.2, 0) is 40.1 Å². The fourth-order valence-electron chi connectivity index (χ4n) is 1.95. The first-order valence-electron chi connectivity index (χ1n) is 8.36.